The van der Waals surface area contributed by atoms with Crippen molar-refractivity contribution in [3.8, 4) is 0 Å². The smallest absolute Gasteiger partial charge is 0.254 e. The molecule has 0 aromatic carbocycles. The molecule has 0 spiro atoms. The van der Waals surface area contributed by atoms with E-state index in [2.05, 4.69) is 12.2 Å². The van der Waals surface area contributed by atoms with Crippen LogP contribution in [0.15, 0.2) is 15.7 Å². The summed E-state index contributed by atoms with van der Waals surface area (Å²) < 4.78 is 27.0. The molecule has 1 N–H and O–H groups in total. The van der Waals surface area contributed by atoms with Crippen LogP contribution in [0.25, 0.3) is 0 Å². The Kier molecular flexibility index (Phi) is 7.82. The monoisotopic (exact) mass is 378 g/mol. The molecule has 1 aliphatic heterocycles. The molecule has 4 nitrogen and oxygen atoms in total. The summed E-state index contributed by atoms with van der Waals surface area (Å²) in [5.74, 6) is 0. The average Bonchev–Trinajstić information content (AvgIpc) is 2.98. The summed E-state index contributed by atoms with van der Waals surface area (Å²) in [5.41, 5.74) is 0. The van der Waals surface area contributed by atoms with E-state index >= 15 is 0 Å². The normalized spacial score (nSPS) is 17.7. The van der Waals surface area contributed by atoms with E-state index in [-0.39, 0.29) is 4.21 Å². The standard InChI is InChI=1S/C16H27ClN2O2S2/c1-2-3-4-5-6-10-18-14-7-11-19(12-8-14)23(20,21)16-15(17)9-13-22-16/h9,13-14,18H,2-8,10-12H2,1H3. The molecule has 1 aliphatic rings. The Morgan fingerprint density at radius 2 is 1.96 bits per heavy atom. The minimum atomic E-state index is -3.42. The lowest BCUT2D eigenvalue weighted by molar-refractivity contribution is 0.289. The number of thiophene rings is 1. The second kappa shape index (κ2) is 9.37. The van der Waals surface area contributed by atoms with Crippen LogP contribution in [0.3, 0.4) is 0 Å². The largest absolute Gasteiger partial charge is 0.314 e. The summed E-state index contributed by atoms with van der Waals surface area (Å²) >= 11 is 7.18. The fourth-order valence-electron chi connectivity index (χ4n) is 2.92. The third-order valence-corrected chi connectivity index (χ3v) is 8.23. The zero-order valence-electron chi connectivity index (χ0n) is 13.8. The fourth-order valence-corrected chi connectivity index (χ4v) is 6.20. The molecular formula is C16H27ClN2O2S2. The molecule has 0 unspecified atom stereocenters. The van der Waals surface area contributed by atoms with Crippen LogP contribution in [-0.2, 0) is 10.0 Å². The van der Waals surface area contributed by atoms with Crippen LogP contribution in [-0.4, -0.2) is 38.4 Å². The van der Waals surface area contributed by atoms with Gasteiger partial charge >= 0.3 is 0 Å². The highest BCUT2D eigenvalue weighted by Crippen LogP contribution is 2.31. The molecule has 2 heterocycles. The Morgan fingerprint density at radius 1 is 1.26 bits per heavy atom. The van der Waals surface area contributed by atoms with Crippen LogP contribution >= 0.6 is 22.9 Å². The molecule has 1 aromatic heterocycles. The molecule has 23 heavy (non-hydrogen) atoms. The van der Waals surface area contributed by atoms with E-state index < -0.39 is 10.0 Å². The summed E-state index contributed by atoms with van der Waals surface area (Å²) in [6.07, 6.45) is 8.15. The van der Waals surface area contributed by atoms with Gasteiger partial charge in [-0.2, -0.15) is 4.31 Å². The van der Waals surface area contributed by atoms with Crippen LogP contribution in [0.1, 0.15) is 51.9 Å². The molecule has 2 rings (SSSR count). The molecule has 0 saturated carbocycles. The van der Waals surface area contributed by atoms with Gasteiger partial charge in [-0.05, 0) is 37.3 Å². The lowest BCUT2D eigenvalue weighted by atomic mass is 10.1. The molecule has 0 atom stereocenters. The highest BCUT2D eigenvalue weighted by atomic mass is 35.5. The fraction of sp³-hybridized carbons (Fsp3) is 0.750. The van der Waals surface area contributed by atoms with Crippen molar-refractivity contribution in [3.05, 3.63) is 16.5 Å². The highest BCUT2D eigenvalue weighted by Gasteiger charge is 2.31. The van der Waals surface area contributed by atoms with E-state index in [9.17, 15) is 8.42 Å². The van der Waals surface area contributed by atoms with E-state index in [4.69, 9.17) is 11.6 Å². The molecule has 7 heteroatoms. The van der Waals surface area contributed by atoms with Crippen molar-refractivity contribution >= 4 is 33.0 Å². The minimum Gasteiger partial charge on any atom is -0.314 e. The molecular weight excluding hydrogens is 352 g/mol. The quantitative estimate of drug-likeness (QED) is 0.657. The summed E-state index contributed by atoms with van der Waals surface area (Å²) in [7, 11) is -3.42. The molecule has 1 aromatic rings. The van der Waals surface area contributed by atoms with Gasteiger partial charge in [0.15, 0.2) is 4.21 Å². The molecule has 1 fully saturated rings. The second-order valence-corrected chi connectivity index (χ2v) is 9.56. The summed E-state index contributed by atoms with van der Waals surface area (Å²) in [6.45, 7) is 4.41. The van der Waals surface area contributed by atoms with Crippen molar-refractivity contribution in [2.75, 3.05) is 19.6 Å². The van der Waals surface area contributed by atoms with Crippen LogP contribution < -0.4 is 5.32 Å². The van der Waals surface area contributed by atoms with Gasteiger partial charge in [-0.3, -0.25) is 0 Å². The Balaban J connectivity index is 1.73. The first-order valence-corrected chi connectivity index (χ1v) is 11.2. The maximum atomic E-state index is 12.6. The van der Waals surface area contributed by atoms with Gasteiger partial charge in [0.25, 0.3) is 10.0 Å². The van der Waals surface area contributed by atoms with E-state index in [1.54, 1.807) is 15.8 Å². The minimum absolute atomic E-state index is 0.279. The van der Waals surface area contributed by atoms with Gasteiger partial charge in [-0.15, -0.1) is 11.3 Å². The Labute approximate surface area is 149 Å². The zero-order chi connectivity index (χ0) is 16.7. The molecule has 0 aliphatic carbocycles. The first-order chi connectivity index (χ1) is 11.1. The second-order valence-electron chi connectivity index (χ2n) is 6.10. The Morgan fingerprint density at radius 3 is 2.57 bits per heavy atom. The lowest BCUT2D eigenvalue weighted by Crippen LogP contribution is -2.44. The SMILES string of the molecule is CCCCCCCNC1CCN(S(=O)(=O)c2sccc2Cl)CC1. The van der Waals surface area contributed by atoms with Crippen LogP contribution in [0.2, 0.25) is 5.02 Å². The topological polar surface area (TPSA) is 49.4 Å². The number of piperidine rings is 1. The number of hydrogen-bond acceptors (Lipinski definition) is 4. The molecule has 0 amide bonds. The van der Waals surface area contributed by atoms with Crippen molar-refractivity contribution in [1.29, 1.82) is 0 Å². The van der Waals surface area contributed by atoms with E-state index in [0.717, 1.165) is 19.4 Å². The first-order valence-electron chi connectivity index (χ1n) is 8.52. The third-order valence-electron chi connectivity index (χ3n) is 4.33. The maximum absolute atomic E-state index is 12.6. The predicted molar refractivity (Wildman–Crippen MR) is 97.9 cm³/mol. The summed E-state index contributed by atoms with van der Waals surface area (Å²) in [5, 5.41) is 5.63. The van der Waals surface area contributed by atoms with Crippen LogP contribution in [0.5, 0.6) is 0 Å². The number of rotatable bonds is 9. The van der Waals surface area contributed by atoms with Crippen molar-refractivity contribution in [2.24, 2.45) is 0 Å². The van der Waals surface area contributed by atoms with Crippen LogP contribution in [0, 0.1) is 0 Å². The average molecular weight is 379 g/mol. The van der Waals surface area contributed by atoms with Gasteiger partial charge in [-0.1, -0.05) is 44.2 Å². The van der Waals surface area contributed by atoms with Gasteiger partial charge in [0.1, 0.15) is 0 Å². The number of nitrogens with one attached hydrogen (secondary N) is 1. The highest BCUT2D eigenvalue weighted by molar-refractivity contribution is 7.91. The number of unbranched alkanes of at least 4 members (excludes halogenated alkanes) is 4. The van der Waals surface area contributed by atoms with Gasteiger partial charge in [0, 0.05) is 19.1 Å². The predicted octanol–water partition coefficient (Wildman–Crippen LogP) is 4.11. The Bertz CT molecular complexity index is 566. The number of nitrogens with zero attached hydrogens (tertiary/aromatic N) is 1. The lowest BCUT2D eigenvalue weighted by Gasteiger charge is -2.31. The number of halogens is 1. The van der Waals surface area contributed by atoms with Crippen molar-refractivity contribution in [2.45, 2.75) is 62.1 Å². The van der Waals surface area contributed by atoms with E-state index in [0.29, 0.717) is 24.2 Å². The van der Waals surface area contributed by atoms with Crippen LogP contribution in [0.4, 0.5) is 0 Å². The van der Waals surface area contributed by atoms with Crippen molar-refractivity contribution < 1.29 is 8.42 Å². The molecule has 1 saturated heterocycles. The summed E-state index contributed by atoms with van der Waals surface area (Å²) in [6, 6.07) is 2.08. The van der Waals surface area contributed by atoms with E-state index in [1.165, 1.54) is 43.4 Å². The van der Waals surface area contributed by atoms with Gasteiger partial charge in [0.05, 0.1) is 5.02 Å². The van der Waals surface area contributed by atoms with Gasteiger partial charge in [0.2, 0.25) is 0 Å². The molecule has 132 valence electrons. The van der Waals surface area contributed by atoms with E-state index in [1.807, 2.05) is 0 Å². The number of sulfonamides is 1. The zero-order valence-corrected chi connectivity index (χ0v) is 16.2. The maximum Gasteiger partial charge on any atom is 0.254 e. The molecule has 0 radical (unpaired) electrons. The third kappa shape index (κ3) is 5.43. The number of hydrogen-bond donors (Lipinski definition) is 1. The first kappa shape index (κ1) is 19.2. The van der Waals surface area contributed by atoms with Gasteiger partial charge in [-0.25, -0.2) is 8.42 Å². The van der Waals surface area contributed by atoms with Crippen molar-refractivity contribution in [3.63, 3.8) is 0 Å². The van der Waals surface area contributed by atoms with Gasteiger partial charge < -0.3 is 5.32 Å². The van der Waals surface area contributed by atoms with Crippen molar-refractivity contribution in [1.82, 2.24) is 9.62 Å². The Hall–Kier alpha value is -0.140. The molecule has 0 bridgehead atoms. The summed E-state index contributed by atoms with van der Waals surface area (Å²) in [4.78, 5) is 0.